The average molecular weight is 460 g/mol. The third-order valence-corrected chi connectivity index (χ3v) is 6.88. The number of hydrogen-bond donors (Lipinski definition) is 1. The van der Waals surface area contributed by atoms with Gasteiger partial charge in [-0.15, -0.1) is 0 Å². The lowest BCUT2D eigenvalue weighted by Crippen LogP contribution is -2.40. The molecule has 168 valence electrons. The number of anilines is 1. The lowest BCUT2D eigenvalue weighted by atomic mass is 10.1. The number of amides is 1. The van der Waals surface area contributed by atoms with Gasteiger partial charge in [0, 0.05) is 18.7 Å². The van der Waals surface area contributed by atoms with Crippen molar-refractivity contribution in [3.63, 3.8) is 0 Å². The van der Waals surface area contributed by atoms with Crippen LogP contribution in [0.3, 0.4) is 0 Å². The fourth-order valence-electron chi connectivity index (χ4n) is 3.25. The van der Waals surface area contributed by atoms with E-state index in [9.17, 15) is 22.8 Å². The number of rotatable bonds is 6. The van der Waals surface area contributed by atoms with Gasteiger partial charge in [-0.1, -0.05) is 0 Å². The summed E-state index contributed by atoms with van der Waals surface area (Å²) in [5, 5.41) is 2.60. The Kier molecular flexibility index (Phi) is 6.21. The summed E-state index contributed by atoms with van der Waals surface area (Å²) >= 11 is 0. The SMILES string of the molecule is O=C1COc2ccc(C(=O)COC(=O)c3ccc(S(=O)(=O)N4CCOCC4)cc3)cc2N1. The van der Waals surface area contributed by atoms with Crippen LogP contribution in [0.2, 0.25) is 0 Å². The summed E-state index contributed by atoms with van der Waals surface area (Å²) in [5.41, 5.74) is 0.731. The van der Waals surface area contributed by atoms with Crippen LogP contribution in [-0.4, -0.2) is 69.9 Å². The number of carbonyl (C=O) groups is 3. The first-order valence-electron chi connectivity index (χ1n) is 9.79. The molecule has 1 fully saturated rings. The third-order valence-electron chi connectivity index (χ3n) is 4.97. The monoisotopic (exact) mass is 460 g/mol. The molecule has 11 heteroatoms. The van der Waals surface area contributed by atoms with Crippen molar-refractivity contribution in [3.05, 3.63) is 53.6 Å². The smallest absolute Gasteiger partial charge is 0.338 e. The van der Waals surface area contributed by atoms with Gasteiger partial charge in [-0.05, 0) is 42.5 Å². The number of fused-ring (bicyclic) bond motifs is 1. The van der Waals surface area contributed by atoms with Gasteiger partial charge in [0.2, 0.25) is 10.0 Å². The van der Waals surface area contributed by atoms with Crippen LogP contribution in [0.15, 0.2) is 47.4 Å². The molecular formula is C21H20N2O8S. The maximum Gasteiger partial charge on any atom is 0.338 e. The fourth-order valence-corrected chi connectivity index (χ4v) is 4.66. The predicted octanol–water partition coefficient (Wildman–Crippen LogP) is 1.08. The summed E-state index contributed by atoms with van der Waals surface area (Å²) in [5.74, 6) is -1.10. The Morgan fingerprint density at radius 3 is 2.44 bits per heavy atom. The molecule has 2 heterocycles. The number of ketones is 1. The molecule has 32 heavy (non-hydrogen) atoms. The molecule has 0 bridgehead atoms. The highest BCUT2D eigenvalue weighted by atomic mass is 32.2. The number of hydrogen-bond acceptors (Lipinski definition) is 8. The molecule has 10 nitrogen and oxygen atoms in total. The largest absolute Gasteiger partial charge is 0.482 e. The minimum absolute atomic E-state index is 0.0605. The molecule has 2 aromatic rings. The molecule has 0 aromatic heterocycles. The summed E-state index contributed by atoms with van der Waals surface area (Å²) in [4.78, 5) is 36.2. The molecule has 4 rings (SSSR count). The molecule has 0 radical (unpaired) electrons. The Morgan fingerprint density at radius 2 is 1.72 bits per heavy atom. The van der Waals surface area contributed by atoms with Crippen molar-refractivity contribution in [3.8, 4) is 5.75 Å². The molecule has 2 aliphatic rings. The number of Topliss-reactive ketones (excluding diaryl/α,β-unsaturated/α-hetero) is 1. The van der Waals surface area contributed by atoms with E-state index in [-0.39, 0.29) is 41.6 Å². The highest BCUT2D eigenvalue weighted by molar-refractivity contribution is 7.89. The molecule has 1 N–H and O–H groups in total. The van der Waals surface area contributed by atoms with Crippen LogP contribution in [0.25, 0.3) is 0 Å². The van der Waals surface area contributed by atoms with E-state index < -0.39 is 28.4 Å². The predicted molar refractivity (Wildman–Crippen MR) is 111 cm³/mol. The molecule has 0 atom stereocenters. The molecule has 0 saturated carbocycles. The van der Waals surface area contributed by atoms with Gasteiger partial charge < -0.3 is 19.5 Å². The zero-order chi connectivity index (χ0) is 22.7. The van der Waals surface area contributed by atoms with E-state index in [0.717, 1.165) is 0 Å². The van der Waals surface area contributed by atoms with Crippen molar-refractivity contribution in [2.75, 3.05) is 44.8 Å². The Bertz CT molecular complexity index is 1150. The van der Waals surface area contributed by atoms with Crippen molar-refractivity contribution in [2.24, 2.45) is 0 Å². The topological polar surface area (TPSA) is 128 Å². The number of carbonyl (C=O) groups excluding carboxylic acids is 3. The van der Waals surface area contributed by atoms with E-state index in [2.05, 4.69) is 5.32 Å². The normalized spacial score (nSPS) is 16.4. The van der Waals surface area contributed by atoms with E-state index in [1.807, 2.05) is 0 Å². The van der Waals surface area contributed by atoms with Gasteiger partial charge in [-0.2, -0.15) is 4.31 Å². The number of nitrogens with zero attached hydrogens (tertiary/aromatic N) is 1. The quantitative estimate of drug-likeness (QED) is 0.501. The minimum atomic E-state index is -3.67. The molecule has 2 aromatic carbocycles. The average Bonchev–Trinajstić information content (AvgIpc) is 2.82. The second-order valence-electron chi connectivity index (χ2n) is 7.09. The van der Waals surface area contributed by atoms with Crippen LogP contribution in [-0.2, 0) is 24.3 Å². The summed E-state index contributed by atoms with van der Waals surface area (Å²) in [6, 6.07) is 9.85. The molecule has 0 spiro atoms. The summed E-state index contributed by atoms with van der Waals surface area (Å²) in [7, 11) is -3.67. The van der Waals surface area contributed by atoms with Crippen LogP contribution in [0.4, 0.5) is 5.69 Å². The fraction of sp³-hybridized carbons (Fsp3) is 0.286. The lowest BCUT2D eigenvalue weighted by Gasteiger charge is -2.26. The number of benzene rings is 2. The van der Waals surface area contributed by atoms with Crippen molar-refractivity contribution < 1.29 is 37.0 Å². The highest BCUT2D eigenvalue weighted by Gasteiger charge is 2.26. The van der Waals surface area contributed by atoms with Gasteiger partial charge in [0.1, 0.15) is 5.75 Å². The Balaban J connectivity index is 1.37. The number of sulfonamides is 1. The van der Waals surface area contributed by atoms with E-state index in [4.69, 9.17) is 14.2 Å². The van der Waals surface area contributed by atoms with E-state index in [0.29, 0.717) is 24.7 Å². The van der Waals surface area contributed by atoms with Crippen LogP contribution < -0.4 is 10.1 Å². The van der Waals surface area contributed by atoms with Crippen LogP contribution in [0, 0.1) is 0 Å². The van der Waals surface area contributed by atoms with Crippen LogP contribution >= 0.6 is 0 Å². The maximum absolute atomic E-state index is 12.6. The second-order valence-corrected chi connectivity index (χ2v) is 9.03. The molecular weight excluding hydrogens is 440 g/mol. The first-order chi connectivity index (χ1) is 15.3. The summed E-state index contributed by atoms with van der Waals surface area (Å²) in [6.07, 6.45) is 0. The summed E-state index contributed by atoms with van der Waals surface area (Å²) < 4.78 is 42.1. The Labute approximate surface area is 184 Å². The minimum Gasteiger partial charge on any atom is -0.482 e. The van der Waals surface area contributed by atoms with E-state index in [1.54, 1.807) is 6.07 Å². The van der Waals surface area contributed by atoms with Gasteiger partial charge >= 0.3 is 5.97 Å². The molecule has 1 saturated heterocycles. The molecule has 2 aliphatic heterocycles. The van der Waals surface area contributed by atoms with Crippen LogP contribution in [0.1, 0.15) is 20.7 Å². The lowest BCUT2D eigenvalue weighted by molar-refractivity contribution is -0.118. The van der Waals surface area contributed by atoms with Crippen LogP contribution in [0.5, 0.6) is 5.75 Å². The zero-order valence-electron chi connectivity index (χ0n) is 16.9. The number of ether oxygens (including phenoxy) is 3. The van der Waals surface area contributed by atoms with Gasteiger partial charge in [0.25, 0.3) is 5.91 Å². The van der Waals surface area contributed by atoms with Gasteiger partial charge in [0.05, 0.1) is 29.4 Å². The number of morpholine rings is 1. The third kappa shape index (κ3) is 4.64. The van der Waals surface area contributed by atoms with E-state index >= 15 is 0 Å². The van der Waals surface area contributed by atoms with Crippen molar-refractivity contribution in [2.45, 2.75) is 4.90 Å². The maximum atomic E-state index is 12.6. The molecule has 0 unspecified atom stereocenters. The standard InChI is InChI=1S/C21H20N2O8S/c24-18(15-3-6-19-17(11-15)22-20(25)13-30-19)12-31-21(26)14-1-4-16(5-2-14)32(27,28)23-7-9-29-10-8-23/h1-6,11H,7-10,12-13H2,(H,22,25). The molecule has 0 aliphatic carbocycles. The van der Waals surface area contributed by atoms with E-state index in [1.165, 1.54) is 40.7 Å². The van der Waals surface area contributed by atoms with Gasteiger partial charge in [-0.3, -0.25) is 9.59 Å². The number of esters is 1. The second kappa shape index (κ2) is 9.07. The molecule has 1 amide bonds. The first kappa shape index (κ1) is 21.9. The summed E-state index contributed by atoms with van der Waals surface area (Å²) in [6.45, 7) is 0.604. The Hall–Kier alpha value is -3.28. The zero-order valence-corrected chi connectivity index (χ0v) is 17.7. The van der Waals surface area contributed by atoms with Crippen molar-refractivity contribution >= 4 is 33.4 Å². The first-order valence-corrected chi connectivity index (χ1v) is 11.2. The van der Waals surface area contributed by atoms with Crippen molar-refractivity contribution in [1.29, 1.82) is 0 Å². The highest BCUT2D eigenvalue weighted by Crippen LogP contribution is 2.28. The van der Waals surface area contributed by atoms with Gasteiger partial charge in [0.15, 0.2) is 19.0 Å². The van der Waals surface area contributed by atoms with Gasteiger partial charge in [-0.25, -0.2) is 13.2 Å². The Morgan fingerprint density at radius 1 is 1.03 bits per heavy atom. The van der Waals surface area contributed by atoms with Crippen molar-refractivity contribution in [1.82, 2.24) is 4.31 Å². The number of nitrogens with one attached hydrogen (secondary N) is 1.